The number of aromatic nitrogens is 1. The lowest BCUT2D eigenvalue weighted by Gasteiger charge is -2.36. The number of hydrogen-bond donors (Lipinski definition) is 0. The molecule has 1 aromatic carbocycles. The summed E-state index contributed by atoms with van der Waals surface area (Å²) in [5.74, 6) is 1.45. The molecule has 0 saturated heterocycles. The Bertz CT molecular complexity index is 681. The molecule has 2 aromatic rings. The lowest BCUT2D eigenvalue weighted by atomic mass is 10.1. The topological polar surface area (TPSA) is 40.6 Å². The second-order valence-electron chi connectivity index (χ2n) is 7.56. The molecule has 5 heteroatoms. The normalized spacial score (nSPS) is 12.1. The van der Waals surface area contributed by atoms with Crippen molar-refractivity contribution in [3.63, 3.8) is 0 Å². The van der Waals surface area contributed by atoms with Gasteiger partial charge in [0, 0.05) is 18.0 Å². The fourth-order valence-corrected chi connectivity index (χ4v) is 3.19. The standard InChI is InChI=1S/C20H29NO3Si/c1-20(2,3)25(5,6)24-13-12-23-19-14-16(9-10-18(19)22-4)17-8-7-11-21-15-17/h7-11,14-15H,12-13H2,1-6H3. The summed E-state index contributed by atoms with van der Waals surface area (Å²) in [7, 11) is -0.0972. The molecule has 0 atom stereocenters. The van der Waals surface area contributed by atoms with Crippen molar-refractivity contribution in [2.24, 2.45) is 0 Å². The number of nitrogens with zero attached hydrogens (tertiary/aromatic N) is 1. The van der Waals surface area contributed by atoms with Crippen LogP contribution in [0.1, 0.15) is 20.8 Å². The Kier molecular flexibility index (Phi) is 6.24. The molecule has 0 spiro atoms. The van der Waals surface area contributed by atoms with Crippen molar-refractivity contribution in [3.8, 4) is 22.6 Å². The maximum Gasteiger partial charge on any atom is 0.192 e. The zero-order chi connectivity index (χ0) is 18.5. The molecule has 1 heterocycles. The van der Waals surface area contributed by atoms with E-state index in [1.54, 1.807) is 13.3 Å². The lowest BCUT2D eigenvalue weighted by molar-refractivity contribution is 0.199. The van der Waals surface area contributed by atoms with E-state index in [0.29, 0.717) is 13.2 Å². The molecule has 0 aliphatic rings. The first-order chi connectivity index (χ1) is 11.7. The van der Waals surface area contributed by atoms with Crippen molar-refractivity contribution in [2.45, 2.75) is 38.9 Å². The van der Waals surface area contributed by atoms with Crippen molar-refractivity contribution < 1.29 is 13.9 Å². The molecule has 1 aromatic heterocycles. The molecule has 25 heavy (non-hydrogen) atoms. The Labute approximate surface area is 152 Å². The average Bonchev–Trinajstić information content (AvgIpc) is 2.58. The number of methoxy groups -OCH3 is 1. The quantitative estimate of drug-likeness (QED) is 0.506. The summed E-state index contributed by atoms with van der Waals surface area (Å²) in [6.07, 6.45) is 3.61. The minimum absolute atomic E-state index is 0.199. The smallest absolute Gasteiger partial charge is 0.192 e. The Hall–Kier alpha value is -1.85. The van der Waals surface area contributed by atoms with Gasteiger partial charge in [-0.05, 0) is 41.9 Å². The van der Waals surface area contributed by atoms with Gasteiger partial charge in [0.15, 0.2) is 19.8 Å². The summed E-state index contributed by atoms with van der Waals surface area (Å²) in [6, 6.07) is 9.87. The molecular weight excluding hydrogens is 330 g/mol. The van der Waals surface area contributed by atoms with Crippen molar-refractivity contribution in [2.75, 3.05) is 20.3 Å². The van der Waals surface area contributed by atoms with Gasteiger partial charge in [0.05, 0.1) is 13.7 Å². The van der Waals surface area contributed by atoms with Crippen LogP contribution in [0.25, 0.3) is 11.1 Å². The number of rotatable bonds is 7. The maximum absolute atomic E-state index is 6.17. The van der Waals surface area contributed by atoms with Crippen LogP contribution in [0.2, 0.25) is 18.1 Å². The zero-order valence-corrected chi connectivity index (χ0v) is 17.1. The van der Waals surface area contributed by atoms with E-state index in [1.807, 2.05) is 36.5 Å². The highest BCUT2D eigenvalue weighted by molar-refractivity contribution is 6.74. The minimum Gasteiger partial charge on any atom is -0.493 e. The second-order valence-corrected chi connectivity index (χ2v) is 12.4. The number of ether oxygens (including phenoxy) is 2. The van der Waals surface area contributed by atoms with Gasteiger partial charge in [-0.2, -0.15) is 0 Å². The molecule has 2 rings (SSSR count). The van der Waals surface area contributed by atoms with Gasteiger partial charge in [-0.25, -0.2) is 0 Å². The molecular formula is C20H29NO3Si. The van der Waals surface area contributed by atoms with Gasteiger partial charge < -0.3 is 13.9 Å². The van der Waals surface area contributed by atoms with Crippen molar-refractivity contribution in [1.82, 2.24) is 4.98 Å². The third kappa shape index (κ3) is 5.06. The van der Waals surface area contributed by atoms with Crippen LogP contribution in [0, 0.1) is 0 Å². The van der Waals surface area contributed by atoms with E-state index >= 15 is 0 Å². The molecule has 136 valence electrons. The van der Waals surface area contributed by atoms with Gasteiger partial charge >= 0.3 is 0 Å². The van der Waals surface area contributed by atoms with Gasteiger partial charge in [0.2, 0.25) is 0 Å². The molecule has 0 bridgehead atoms. The van der Waals surface area contributed by atoms with Gasteiger partial charge in [-0.1, -0.05) is 32.9 Å². The summed E-state index contributed by atoms with van der Waals surface area (Å²) in [5, 5.41) is 0.199. The van der Waals surface area contributed by atoms with Crippen LogP contribution in [0.3, 0.4) is 0 Å². The molecule has 0 amide bonds. The highest BCUT2D eigenvalue weighted by Gasteiger charge is 2.36. The number of benzene rings is 1. The molecule has 0 N–H and O–H groups in total. The summed E-state index contributed by atoms with van der Waals surface area (Å²) in [5.41, 5.74) is 2.10. The average molecular weight is 360 g/mol. The molecule has 0 aliphatic carbocycles. The highest BCUT2D eigenvalue weighted by atomic mass is 28.4. The second kappa shape index (κ2) is 8.02. The maximum atomic E-state index is 6.17. The molecule has 4 nitrogen and oxygen atoms in total. The molecule has 0 aliphatic heterocycles. The monoisotopic (exact) mass is 359 g/mol. The molecule has 0 radical (unpaired) electrons. The van der Waals surface area contributed by atoms with Crippen LogP contribution >= 0.6 is 0 Å². The van der Waals surface area contributed by atoms with E-state index in [0.717, 1.165) is 22.6 Å². The van der Waals surface area contributed by atoms with Gasteiger partial charge in [0.25, 0.3) is 0 Å². The van der Waals surface area contributed by atoms with Crippen LogP contribution in [0.5, 0.6) is 11.5 Å². The minimum atomic E-state index is -1.75. The first kappa shape index (κ1) is 19.5. The highest BCUT2D eigenvalue weighted by Crippen LogP contribution is 2.36. The SMILES string of the molecule is COc1ccc(-c2cccnc2)cc1OCCO[Si](C)(C)C(C)(C)C. The van der Waals surface area contributed by atoms with E-state index in [2.05, 4.69) is 38.8 Å². The Balaban J connectivity index is 2.04. The number of hydrogen-bond acceptors (Lipinski definition) is 4. The molecule has 0 unspecified atom stereocenters. The van der Waals surface area contributed by atoms with Crippen LogP contribution < -0.4 is 9.47 Å². The predicted molar refractivity (Wildman–Crippen MR) is 105 cm³/mol. The van der Waals surface area contributed by atoms with E-state index in [4.69, 9.17) is 13.9 Å². The first-order valence-corrected chi connectivity index (χ1v) is 11.5. The van der Waals surface area contributed by atoms with E-state index in [-0.39, 0.29) is 5.04 Å². The van der Waals surface area contributed by atoms with Crippen LogP contribution in [0.15, 0.2) is 42.7 Å². The van der Waals surface area contributed by atoms with Gasteiger partial charge in [0.1, 0.15) is 6.61 Å². The van der Waals surface area contributed by atoms with Gasteiger partial charge in [-0.3, -0.25) is 4.98 Å². The summed E-state index contributed by atoms with van der Waals surface area (Å²) in [6.45, 7) is 12.3. The van der Waals surface area contributed by atoms with Gasteiger partial charge in [-0.15, -0.1) is 0 Å². The predicted octanol–water partition coefficient (Wildman–Crippen LogP) is 5.16. The first-order valence-electron chi connectivity index (χ1n) is 8.60. The summed E-state index contributed by atoms with van der Waals surface area (Å²) >= 11 is 0. The van der Waals surface area contributed by atoms with Crippen molar-refractivity contribution >= 4 is 8.32 Å². The Morgan fingerprint density at radius 1 is 1.00 bits per heavy atom. The van der Waals surface area contributed by atoms with Crippen LogP contribution in [0.4, 0.5) is 0 Å². The fourth-order valence-electron chi connectivity index (χ4n) is 2.17. The molecule has 0 saturated carbocycles. The molecule has 0 fully saturated rings. The Morgan fingerprint density at radius 3 is 2.36 bits per heavy atom. The van der Waals surface area contributed by atoms with Crippen LogP contribution in [-0.4, -0.2) is 33.6 Å². The summed E-state index contributed by atoms with van der Waals surface area (Å²) < 4.78 is 17.5. The van der Waals surface area contributed by atoms with Crippen molar-refractivity contribution in [1.29, 1.82) is 0 Å². The van der Waals surface area contributed by atoms with E-state index in [1.165, 1.54) is 0 Å². The third-order valence-corrected chi connectivity index (χ3v) is 9.31. The Morgan fingerprint density at radius 2 is 1.76 bits per heavy atom. The van der Waals surface area contributed by atoms with E-state index < -0.39 is 8.32 Å². The summed E-state index contributed by atoms with van der Waals surface area (Å²) in [4.78, 5) is 4.17. The lowest BCUT2D eigenvalue weighted by Crippen LogP contribution is -2.41. The zero-order valence-electron chi connectivity index (χ0n) is 16.1. The van der Waals surface area contributed by atoms with E-state index in [9.17, 15) is 0 Å². The largest absolute Gasteiger partial charge is 0.493 e. The number of pyridine rings is 1. The fraction of sp³-hybridized carbons (Fsp3) is 0.450. The third-order valence-electron chi connectivity index (χ3n) is 4.77. The van der Waals surface area contributed by atoms with Crippen molar-refractivity contribution in [3.05, 3.63) is 42.7 Å². The van der Waals surface area contributed by atoms with Crippen LogP contribution in [-0.2, 0) is 4.43 Å².